The largest absolute Gasteiger partial charge is 0.377 e. The van der Waals surface area contributed by atoms with Gasteiger partial charge in [-0.25, -0.2) is 8.78 Å². The zero-order valence-corrected chi connectivity index (χ0v) is 13.9. The molecule has 1 aromatic rings. The summed E-state index contributed by atoms with van der Waals surface area (Å²) in [7, 11) is 1.64. The Balaban J connectivity index is 1.76. The van der Waals surface area contributed by atoms with Crippen LogP contribution < -0.4 is 5.32 Å². The SMILES string of the molecule is COC(C)(C)Cn1ccc(NC(=O)CCC2CCC(F)(F)C2)n1. The van der Waals surface area contributed by atoms with Crippen LogP contribution in [-0.4, -0.2) is 34.3 Å². The summed E-state index contributed by atoms with van der Waals surface area (Å²) >= 11 is 0. The lowest BCUT2D eigenvalue weighted by atomic mass is 10.0. The molecule has 1 atom stereocenters. The van der Waals surface area contributed by atoms with Gasteiger partial charge in [0.2, 0.25) is 11.8 Å². The fraction of sp³-hybridized carbons (Fsp3) is 0.750. The smallest absolute Gasteiger partial charge is 0.248 e. The minimum atomic E-state index is -2.55. The van der Waals surface area contributed by atoms with Gasteiger partial charge >= 0.3 is 0 Å². The van der Waals surface area contributed by atoms with Gasteiger partial charge in [0.1, 0.15) is 0 Å². The van der Waals surface area contributed by atoms with Crippen LogP contribution in [0.2, 0.25) is 0 Å². The quantitative estimate of drug-likeness (QED) is 0.833. The third-order valence-electron chi connectivity index (χ3n) is 4.29. The second kappa shape index (κ2) is 6.95. The Morgan fingerprint density at radius 2 is 2.30 bits per heavy atom. The normalized spacial score (nSPS) is 20.7. The molecule has 130 valence electrons. The number of carbonyl (C=O) groups excluding carboxylic acids is 1. The van der Waals surface area contributed by atoms with Gasteiger partial charge in [-0.15, -0.1) is 0 Å². The fourth-order valence-electron chi connectivity index (χ4n) is 2.80. The minimum absolute atomic E-state index is 0.0566. The molecule has 1 aliphatic carbocycles. The van der Waals surface area contributed by atoms with E-state index in [0.717, 1.165) is 0 Å². The summed E-state index contributed by atoms with van der Waals surface area (Å²) in [6.45, 7) is 4.46. The summed E-state index contributed by atoms with van der Waals surface area (Å²) in [5.41, 5.74) is -0.346. The highest BCUT2D eigenvalue weighted by atomic mass is 19.3. The van der Waals surface area contributed by atoms with Crippen molar-refractivity contribution in [2.75, 3.05) is 12.4 Å². The van der Waals surface area contributed by atoms with Gasteiger partial charge in [-0.05, 0) is 32.6 Å². The number of amides is 1. The number of hydrogen-bond donors (Lipinski definition) is 1. The number of alkyl halides is 2. The molecule has 0 saturated heterocycles. The topological polar surface area (TPSA) is 56.1 Å². The van der Waals surface area contributed by atoms with E-state index in [0.29, 0.717) is 25.2 Å². The predicted octanol–water partition coefficient (Wildman–Crippen LogP) is 3.46. The number of methoxy groups -OCH3 is 1. The van der Waals surface area contributed by atoms with Crippen molar-refractivity contribution in [1.82, 2.24) is 9.78 Å². The summed E-state index contributed by atoms with van der Waals surface area (Å²) in [5.74, 6) is -2.32. The molecule has 2 rings (SSSR count). The van der Waals surface area contributed by atoms with Crippen molar-refractivity contribution in [3.8, 4) is 0 Å². The van der Waals surface area contributed by atoms with Crippen LogP contribution in [0.15, 0.2) is 12.3 Å². The van der Waals surface area contributed by atoms with Crippen molar-refractivity contribution in [3.63, 3.8) is 0 Å². The van der Waals surface area contributed by atoms with Crippen LogP contribution in [0.1, 0.15) is 46.0 Å². The Morgan fingerprint density at radius 1 is 1.57 bits per heavy atom. The Bertz CT molecular complexity index is 543. The maximum absolute atomic E-state index is 13.1. The van der Waals surface area contributed by atoms with E-state index in [9.17, 15) is 13.6 Å². The van der Waals surface area contributed by atoms with Gasteiger partial charge in [-0.1, -0.05) is 0 Å². The highest BCUT2D eigenvalue weighted by Crippen LogP contribution is 2.40. The van der Waals surface area contributed by atoms with Crippen LogP contribution in [0, 0.1) is 5.92 Å². The molecule has 0 aliphatic heterocycles. The monoisotopic (exact) mass is 329 g/mol. The average molecular weight is 329 g/mol. The molecule has 1 aliphatic rings. The Labute approximate surface area is 135 Å². The third-order valence-corrected chi connectivity index (χ3v) is 4.29. The standard InChI is InChI=1S/C16H25F2N3O2/c1-15(2,23-3)11-21-9-7-13(20-21)19-14(22)5-4-12-6-8-16(17,18)10-12/h7,9,12H,4-6,8,10-11H2,1-3H3,(H,19,20,22). The predicted molar refractivity (Wildman–Crippen MR) is 83.5 cm³/mol. The number of nitrogens with zero attached hydrogens (tertiary/aromatic N) is 2. The first-order valence-corrected chi connectivity index (χ1v) is 7.95. The van der Waals surface area contributed by atoms with E-state index in [1.807, 2.05) is 13.8 Å². The highest BCUT2D eigenvalue weighted by Gasteiger charge is 2.39. The maximum Gasteiger partial charge on any atom is 0.248 e. The first-order chi connectivity index (χ1) is 10.7. The molecule has 0 aromatic carbocycles. The van der Waals surface area contributed by atoms with Gasteiger partial charge < -0.3 is 10.1 Å². The van der Waals surface area contributed by atoms with E-state index in [2.05, 4.69) is 10.4 Å². The van der Waals surface area contributed by atoms with E-state index < -0.39 is 5.92 Å². The first-order valence-electron chi connectivity index (χ1n) is 7.95. The van der Waals surface area contributed by atoms with Gasteiger partial charge in [0.25, 0.3) is 0 Å². The van der Waals surface area contributed by atoms with Crippen LogP contribution in [0.25, 0.3) is 0 Å². The van der Waals surface area contributed by atoms with Gasteiger partial charge in [-0.3, -0.25) is 9.48 Å². The summed E-state index contributed by atoms with van der Waals surface area (Å²) < 4.78 is 33.3. The minimum Gasteiger partial charge on any atom is -0.377 e. The Hall–Kier alpha value is -1.50. The van der Waals surface area contributed by atoms with E-state index >= 15 is 0 Å². The molecule has 0 radical (unpaired) electrons. The molecule has 1 saturated carbocycles. The number of anilines is 1. The number of hydrogen-bond acceptors (Lipinski definition) is 3. The zero-order valence-electron chi connectivity index (χ0n) is 13.9. The van der Waals surface area contributed by atoms with Crippen molar-refractivity contribution in [3.05, 3.63) is 12.3 Å². The number of halogens is 2. The molecule has 1 heterocycles. The average Bonchev–Trinajstić information content (AvgIpc) is 3.02. The molecule has 1 N–H and O–H groups in total. The summed E-state index contributed by atoms with van der Waals surface area (Å²) in [6.07, 6.45) is 2.87. The maximum atomic E-state index is 13.1. The van der Waals surface area contributed by atoms with Gasteiger partial charge in [0.15, 0.2) is 5.82 Å². The molecule has 1 unspecified atom stereocenters. The number of nitrogens with one attached hydrogen (secondary N) is 1. The van der Waals surface area contributed by atoms with Crippen molar-refractivity contribution in [1.29, 1.82) is 0 Å². The van der Waals surface area contributed by atoms with Crippen molar-refractivity contribution >= 4 is 11.7 Å². The molecule has 0 bridgehead atoms. The molecular weight excluding hydrogens is 304 g/mol. The molecule has 1 aromatic heterocycles. The molecule has 1 amide bonds. The molecule has 0 spiro atoms. The number of carbonyl (C=O) groups is 1. The zero-order chi connectivity index (χ0) is 17.1. The lowest BCUT2D eigenvalue weighted by molar-refractivity contribution is -0.116. The third kappa shape index (κ3) is 5.57. The second-order valence-electron chi connectivity index (χ2n) is 6.91. The number of ether oxygens (including phenoxy) is 1. The van der Waals surface area contributed by atoms with Crippen molar-refractivity contribution < 1.29 is 18.3 Å². The lowest BCUT2D eigenvalue weighted by Gasteiger charge is -2.22. The Kier molecular flexibility index (Phi) is 5.39. The molecule has 23 heavy (non-hydrogen) atoms. The summed E-state index contributed by atoms with van der Waals surface area (Å²) in [6, 6.07) is 1.72. The second-order valence-corrected chi connectivity index (χ2v) is 6.91. The van der Waals surface area contributed by atoms with Crippen LogP contribution in [0.3, 0.4) is 0 Å². The summed E-state index contributed by atoms with van der Waals surface area (Å²) in [4.78, 5) is 11.9. The van der Waals surface area contributed by atoms with E-state index in [1.54, 1.807) is 24.1 Å². The van der Waals surface area contributed by atoms with Gasteiger partial charge in [0.05, 0.1) is 12.1 Å². The number of aromatic nitrogens is 2. The Morgan fingerprint density at radius 3 is 2.91 bits per heavy atom. The molecular formula is C16H25F2N3O2. The fourth-order valence-corrected chi connectivity index (χ4v) is 2.80. The highest BCUT2D eigenvalue weighted by molar-refractivity contribution is 5.89. The van der Waals surface area contributed by atoms with Crippen LogP contribution in [0.5, 0.6) is 0 Å². The van der Waals surface area contributed by atoms with Crippen LogP contribution in [-0.2, 0) is 16.1 Å². The van der Waals surface area contributed by atoms with Crippen LogP contribution in [0.4, 0.5) is 14.6 Å². The molecule has 7 heteroatoms. The van der Waals surface area contributed by atoms with Crippen LogP contribution >= 0.6 is 0 Å². The van der Waals surface area contributed by atoms with Crippen molar-refractivity contribution in [2.45, 2.75) is 64.0 Å². The van der Waals surface area contributed by atoms with E-state index in [4.69, 9.17) is 4.74 Å². The van der Waals surface area contributed by atoms with E-state index in [-0.39, 0.29) is 36.7 Å². The van der Waals surface area contributed by atoms with Crippen molar-refractivity contribution in [2.24, 2.45) is 5.92 Å². The van der Waals surface area contributed by atoms with Gasteiger partial charge in [-0.2, -0.15) is 5.10 Å². The lowest BCUT2D eigenvalue weighted by Crippen LogP contribution is -2.29. The summed E-state index contributed by atoms with van der Waals surface area (Å²) in [5, 5.41) is 6.98. The van der Waals surface area contributed by atoms with Gasteiger partial charge in [0, 0.05) is 38.6 Å². The molecule has 1 fully saturated rings. The molecule has 5 nitrogen and oxygen atoms in total. The first kappa shape index (κ1) is 17.8. The number of rotatable bonds is 7. The van der Waals surface area contributed by atoms with E-state index in [1.165, 1.54) is 0 Å².